The number of aliphatic carboxylic acids is 1. The van der Waals surface area contributed by atoms with Crippen molar-refractivity contribution in [2.45, 2.75) is 31.5 Å². The van der Waals surface area contributed by atoms with E-state index in [1.165, 1.54) is 6.92 Å². The molecule has 0 saturated carbocycles. The minimum Gasteiger partial charge on any atom is -0.480 e. The number of carbonyl (C=O) groups excluding carboxylic acids is 1. The lowest BCUT2D eigenvalue weighted by molar-refractivity contribution is -0.148. The smallest absolute Gasteiger partial charge is 0.326 e. The van der Waals surface area contributed by atoms with Crippen molar-refractivity contribution in [2.75, 3.05) is 6.54 Å². The van der Waals surface area contributed by atoms with E-state index in [4.69, 9.17) is 10.8 Å². The predicted molar refractivity (Wildman–Crippen MR) is 47.4 cm³/mol. The highest BCUT2D eigenvalue weighted by Crippen LogP contribution is 2.18. The summed E-state index contributed by atoms with van der Waals surface area (Å²) in [6, 6.07) is -1.68. The van der Waals surface area contributed by atoms with Gasteiger partial charge in [0.25, 0.3) is 0 Å². The number of β-amino-alcohol motifs (C(OH)–C–C–N with tert-alkyl or cyclic N) is 1. The third-order valence-electron chi connectivity index (χ3n) is 2.24. The maximum Gasteiger partial charge on any atom is 0.326 e. The van der Waals surface area contributed by atoms with Crippen molar-refractivity contribution >= 4 is 11.9 Å². The van der Waals surface area contributed by atoms with E-state index in [9.17, 15) is 14.7 Å². The molecule has 6 nitrogen and oxygen atoms in total. The van der Waals surface area contributed by atoms with Gasteiger partial charge in [0, 0.05) is 13.0 Å². The van der Waals surface area contributed by atoms with Crippen molar-refractivity contribution < 1.29 is 19.8 Å². The fourth-order valence-electron chi connectivity index (χ4n) is 1.55. The van der Waals surface area contributed by atoms with Gasteiger partial charge in [0.2, 0.25) is 5.91 Å². The molecule has 1 aliphatic rings. The maximum absolute atomic E-state index is 11.4. The highest BCUT2D eigenvalue weighted by atomic mass is 16.4. The van der Waals surface area contributed by atoms with E-state index in [1.54, 1.807) is 0 Å². The molecule has 0 radical (unpaired) electrons. The Labute approximate surface area is 81.3 Å². The summed E-state index contributed by atoms with van der Waals surface area (Å²) in [6.45, 7) is 1.54. The Balaban J connectivity index is 2.76. The predicted octanol–water partition coefficient (Wildman–Crippen LogP) is -1.62. The van der Waals surface area contributed by atoms with Gasteiger partial charge in [0.05, 0.1) is 12.1 Å². The number of hydrogen-bond acceptors (Lipinski definition) is 4. The largest absolute Gasteiger partial charge is 0.480 e. The minimum atomic E-state index is -1.10. The number of carboxylic acid groups (broad SMARTS) is 1. The van der Waals surface area contributed by atoms with Gasteiger partial charge in [-0.2, -0.15) is 0 Å². The monoisotopic (exact) mass is 202 g/mol. The van der Waals surface area contributed by atoms with E-state index in [0.717, 1.165) is 4.90 Å². The fraction of sp³-hybridized carbons (Fsp3) is 0.750. The molecule has 80 valence electrons. The van der Waals surface area contributed by atoms with Gasteiger partial charge < -0.3 is 20.8 Å². The van der Waals surface area contributed by atoms with E-state index in [-0.39, 0.29) is 13.0 Å². The molecule has 1 aliphatic heterocycles. The van der Waals surface area contributed by atoms with Crippen LogP contribution in [0.15, 0.2) is 0 Å². The zero-order chi connectivity index (χ0) is 10.9. The van der Waals surface area contributed by atoms with E-state index in [1.807, 2.05) is 0 Å². The van der Waals surface area contributed by atoms with E-state index in [2.05, 4.69) is 0 Å². The molecular formula is C8H14N2O4. The molecule has 1 fully saturated rings. The number of carbonyl (C=O) groups is 2. The topological polar surface area (TPSA) is 104 Å². The summed E-state index contributed by atoms with van der Waals surface area (Å²) in [5, 5.41) is 18.0. The van der Waals surface area contributed by atoms with Crippen LogP contribution in [0.4, 0.5) is 0 Å². The third-order valence-corrected chi connectivity index (χ3v) is 2.24. The Bertz CT molecular complexity index is 254. The number of aliphatic hydroxyl groups is 1. The van der Waals surface area contributed by atoms with Crippen molar-refractivity contribution in [2.24, 2.45) is 5.73 Å². The summed E-state index contributed by atoms with van der Waals surface area (Å²) < 4.78 is 0. The minimum absolute atomic E-state index is 0.0529. The van der Waals surface area contributed by atoms with E-state index < -0.39 is 30.1 Å². The average Bonchev–Trinajstić information content (AvgIpc) is 2.45. The van der Waals surface area contributed by atoms with Crippen LogP contribution in [0.1, 0.15) is 13.3 Å². The zero-order valence-electron chi connectivity index (χ0n) is 7.88. The standard InChI is InChI=1S/C8H14N2O4/c1-4(9)7(12)10-3-5(11)2-6(10)8(13)14/h4-6,11H,2-3,9H2,1H3,(H,13,14)/t4-,5-,6-/m1/s1. The first-order valence-corrected chi connectivity index (χ1v) is 4.40. The zero-order valence-corrected chi connectivity index (χ0v) is 7.88. The molecule has 14 heavy (non-hydrogen) atoms. The molecule has 0 aromatic heterocycles. The lowest BCUT2D eigenvalue weighted by atomic mass is 10.2. The molecular weight excluding hydrogens is 188 g/mol. The van der Waals surface area contributed by atoms with Crippen molar-refractivity contribution in [3.8, 4) is 0 Å². The van der Waals surface area contributed by atoms with Gasteiger partial charge >= 0.3 is 5.97 Å². The number of likely N-dealkylation sites (tertiary alicyclic amines) is 1. The van der Waals surface area contributed by atoms with Gasteiger partial charge in [-0.25, -0.2) is 4.79 Å². The molecule has 4 N–H and O–H groups in total. The summed E-state index contributed by atoms with van der Waals surface area (Å²) >= 11 is 0. The number of nitrogens with two attached hydrogens (primary N) is 1. The van der Waals surface area contributed by atoms with Gasteiger partial charge in [-0.05, 0) is 6.92 Å². The lowest BCUT2D eigenvalue weighted by Gasteiger charge is -2.22. The third kappa shape index (κ3) is 2.02. The van der Waals surface area contributed by atoms with Crippen molar-refractivity contribution in [1.82, 2.24) is 4.90 Å². The summed E-state index contributed by atoms with van der Waals surface area (Å²) in [5.74, 6) is -1.54. The second-order valence-electron chi connectivity index (χ2n) is 3.52. The van der Waals surface area contributed by atoms with Crippen LogP contribution in [-0.4, -0.2) is 51.7 Å². The highest BCUT2D eigenvalue weighted by Gasteiger charge is 2.39. The molecule has 0 unspecified atom stereocenters. The van der Waals surface area contributed by atoms with Gasteiger partial charge in [-0.15, -0.1) is 0 Å². The first-order chi connectivity index (χ1) is 6.43. The van der Waals surface area contributed by atoms with Crippen molar-refractivity contribution in [3.05, 3.63) is 0 Å². The number of hydrogen-bond donors (Lipinski definition) is 3. The molecule has 1 rings (SSSR count). The summed E-state index contributed by atoms with van der Waals surface area (Å²) in [6.07, 6.45) is -0.688. The summed E-state index contributed by atoms with van der Waals surface area (Å²) in [5.41, 5.74) is 5.36. The molecule has 0 bridgehead atoms. The Morgan fingerprint density at radius 3 is 2.57 bits per heavy atom. The van der Waals surface area contributed by atoms with E-state index >= 15 is 0 Å². The summed E-state index contributed by atoms with van der Waals surface area (Å²) in [4.78, 5) is 23.3. The Kier molecular flexibility index (Phi) is 3.07. The maximum atomic E-state index is 11.4. The van der Waals surface area contributed by atoms with Crippen molar-refractivity contribution in [1.29, 1.82) is 0 Å². The fourth-order valence-corrected chi connectivity index (χ4v) is 1.55. The SMILES string of the molecule is C[C@@H](N)C(=O)N1C[C@H](O)C[C@@H]1C(=O)O. The van der Waals surface area contributed by atoms with Gasteiger partial charge in [0.15, 0.2) is 0 Å². The second-order valence-corrected chi connectivity index (χ2v) is 3.52. The molecule has 1 heterocycles. The molecule has 3 atom stereocenters. The molecule has 6 heteroatoms. The number of carboxylic acids is 1. The van der Waals surface area contributed by atoms with Crippen LogP contribution in [0.25, 0.3) is 0 Å². The van der Waals surface area contributed by atoms with E-state index in [0.29, 0.717) is 0 Å². The number of rotatable bonds is 2. The number of amides is 1. The van der Waals surface area contributed by atoms with Gasteiger partial charge in [0.1, 0.15) is 6.04 Å². The first kappa shape index (κ1) is 10.9. The Morgan fingerprint density at radius 1 is 1.57 bits per heavy atom. The van der Waals surface area contributed by atoms with Crippen LogP contribution in [0, 0.1) is 0 Å². The van der Waals surface area contributed by atoms with Crippen LogP contribution < -0.4 is 5.73 Å². The van der Waals surface area contributed by atoms with Gasteiger partial charge in [-0.3, -0.25) is 4.79 Å². The first-order valence-electron chi connectivity index (χ1n) is 4.40. The second kappa shape index (κ2) is 3.93. The molecule has 0 aromatic rings. The molecule has 1 saturated heterocycles. The van der Waals surface area contributed by atoms with Crippen LogP contribution in [0.2, 0.25) is 0 Å². The molecule has 1 amide bonds. The van der Waals surface area contributed by atoms with Gasteiger partial charge in [-0.1, -0.05) is 0 Å². The molecule has 0 aliphatic carbocycles. The average molecular weight is 202 g/mol. The quantitative estimate of drug-likeness (QED) is 0.499. The van der Waals surface area contributed by atoms with Crippen molar-refractivity contribution in [3.63, 3.8) is 0 Å². The Morgan fingerprint density at radius 2 is 2.14 bits per heavy atom. The number of aliphatic hydroxyl groups excluding tert-OH is 1. The summed E-state index contributed by atoms with van der Waals surface area (Å²) in [7, 11) is 0. The normalized spacial score (nSPS) is 28.9. The molecule has 0 spiro atoms. The number of nitrogens with zero attached hydrogens (tertiary/aromatic N) is 1. The van der Waals surface area contributed by atoms with Crippen LogP contribution >= 0.6 is 0 Å². The highest BCUT2D eigenvalue weighted by molar-refractivity contribution is 5.87. The van der Waals surface area contributed by atoms with Crippen LogP contribution in [0.3, 0.4) is 0 Å². The van der Waals surface area contributed by atoms with Crippen LogP contribution in [0.5, 0.6) is 0 Å². The molecule has 0 aromatic carbocycles. The lowest BCUT2D eigenvalue weighted by Crippen LogP contribution is -2.47. The Hall–Kier alpha value is -1.14. The van der Waals surface area contributed by atoms with Crippen LogP contribution in [-0.2, 0) is 9.59 Å².